The van der Waals surface area contributed by atoms with E-state index in [-0.39, 0.29) is 26.4 Å². The van der Waals surface area contributed by atoms with Crippen molar-refractivity contribution >= 4 is 86.8 Å². The van der Waals surface area contributed by atoms with Crippen LogP contribution in [0.3, 0.4) is 0 Å². The molecule has 1 fully saturated rings. The normalized spacial score (nSPS) is 18.7. The van der Waals surface area contributed by atoms with Gasteiger partial charge in [-0.2, -0.15) is 0 Å². The van der Waals surface area contributed by atoms with Crippen molar-refractivity contribution in [2.45, 2.75) is 30.9 Å². The summed E-state index contributed by atoms with van der Waals surface area (Å²) in [6, 6.07) is 0.921. The second-order valence-corrected chi connectivity index (χ2v) is 12.1. The second-order valence-electron chi connectivity index (χ2n) is 9.02. The predicted octanol–water partition coefficient (Wildman–Crippen LogP) is 1.20. The Bertz CT molecular complexity index is 1630. The monoisotopic (exact) mass is 688 g/mol. The lowest BCUT2D eigenvalue weighted by molar-refractivity contribution is -0.150. The fourth-order valence-corrected chi connectivity index (χ4v) is 6.74. The van der Waals surface area contributed by atoms with Crippen LogP contribution in [0.4, 0.5) is 5.13 Å². The number of carboxylic acid groups (broad SMARTS) is 2. The molecule has 2 aliphatic rings. The number of hydrogen-bond acceptors (Lipinski definition) is 13. The van der Waals surface area contributed by atoms with Crippen molar-refractivity contribution in [1.82, 2.24) is 20.5 Å². The Balaban J connectivity index is 1.54. The maximum Gasteiger partial charge on any atom is 0.352 e. The number of benzene rings is 1. The van der Waals surface area contributed by atoms with Gasteiger partial charge in [0.05, 0.1) is 17.1 Å². The van der Waals surface area contributed by atoms with Crippen LogP contribution in [-0.2, 0) is 24.0 Å². The molecule has 3 heterocycles. The molecule has 1 aromatic carbocycles. The Hall–Kier alpha value is -4.26. The SMILES string of the molecule is CCC1=C(C(=O)O)N2C(=O)[C@@H](NC(=O)/C(=N\OC(CNC(=O)c3ccc(O)c(O)c3Cl)C(=O)O)c3nc(N)sc3Cl)[C@H]2SC1. The van der Waals surface area contributed by atoms with Crippen LogP contribution in [0.1, 0.15) is 29.4 Å². The lowest BCUT2D eigenvalue weighted by atomic mass is 10.0. The number of thioether (sulfide) groups is 1. The molecular formula is C24H22Cl2N6O10S2. The molecule has 4 rings (SSSR count). The summed E-state index contributed by atoms with van der Waals surface area (Å²) in [5.41, 5.74) is 4.89. The van der Waals surface area contributed by atoms with Crippen molar-refractivity contribution in [2.75, 3.05) is 18.0 Å². The van der Waals surface area contributed by atoms with E-state index in [0.29, 0.717) is 17.7 Å². The van der Waals surface area contributed by atoms with Gasteiger partial charge in [-0.15, -0.1) is 11.8 Å². The second kappa shape index (κ2) is 13.2. The van der Waals surface area contributed by atoms with Gasteiger partial charge in [0.2, 0.25) is 6.10 Å². The molecule has 8 N–H and O–H groups in total. The van der Waals surface area contributed by atoms with Crippen molar-refractivity contribution in [3.8, 4) is 11.5 Å². The zero-order valence-corrected chi connectivity index (χ0v) is 25.4. The number of aromatic hydroxyl groups is 2. The number of amides is 3. The molecule has 0 radical (unpaired) electrons. The molecule has 44 heavy (non-hydrogen) atoms. The first-order chi connectivity index (χ1) is 20.8. The number of phenolic OH excluding ortho intramolecular Hbond substituents is 2. The molecule has 3 atom stereocenters. The molecule has 1 unspecified atom stereocenters. The molecule has 0 aliphatic carbocycles. The van der Waals surface area contributed by atoms with E-state index < -0.39 is 76.0 Å². The van der Waals surface area contributed by atoms with Gasteiger partial charge in [0.15, 0.2) is 22.3 Å². The van der Waals surface area contributed by atoms with Gasteiger partial charge >= 0.3 is 11.9 Å². The highest BCUT2D eigenvalue weighted by Gasteiger charge is 2.54. The Kier molecular flexibility index (Phi) is 9.77. The number of nitrogens with one attached hydrogen (secondary N) is 2. The van der Waals surface area contributed by atoms with Crippen LogP contribution < -0.4 is 16.4 Å². The number of halogens is 2. The highest BCUT2D eigenvalue weighted by Crippen LogP contribution is 2.41. The van der Waals surface area contributed by atoms with E-state index in [9.17, 15) is 44.4 Å². The number of carbonyl (C=O) groups is 5. The summed E-state index contributed by atoms with van der Waals surface area (Å²) in [4.78, 5) is 72.6. The van der Waals surface area contributed by atoms with Gasteiger partial charge < -0.3 is 41.6 Å². The number of anilines is 1. The molecule has 2 aliphatic heterocycles. The number of β-lactam (4-membered cyclic amide) rings is 1. The third-order valence-corrected chi connectivity index (χ3v) is 9.14. The van der Waals surface area contributed by atoms with Gasteiger partial charge in [-0.05, 0) is 24.1 Å². The third-order valence-electron chi connectivity index (χ3n) is 6.34. The smallest absolute Gasteiger partial charge is 0.352 e. The van der Waals surface area contributed by atoms with Crippen molar-refractivity contribution in [3.05, 3.63) is 44.0 Å². The Morgan fingerprint density at radius 3 is 2.55 bits per heavy atom. The van der Waals surface area contributed by atoms with Crippen LogP contribution in [0.25, 0.3) is 0 Å². The quantitative estimate of drug-likeness (QED) is 0.0759. The summed E-state index contributed by atoms with van der Waals surface area (Å²) in [5, 5.41) is 45.5. The maximum absolute atomic E-state index is 13.4. The molecule has 0 bridgehead atoms. The number of oxime groups is 1. The van der Waals surface area contributed by atoms with Crippen molar-refractivity contribution in [2.24, 2.45) is 5.16 Å². The van der Waals surface area contributed by atoms with Gasteiger partial charge in [0.1, 0.15) is 27.1 Å². The summed E-state index contributed by atoms with van der Waals surface area (Å²) < 4.78 is -0.112. The van der Waals surface area contributed by atoms with Gasteiger partial charge in [0.25, 0.3) is 17.7 Å². The van der Waals surface area contributed by atoms with E-state index in [1.165, 1.54) is 11.8 Å². The van der Waals surface area contributed by atoms with Gasteiger partial charge in [-0.25, -0.2) is 14.6 Å². The largest absolute Gasteiger partial charge is 0.504 e. The van der Waals surface area contributed by atoms with Gasteiger partial charge in [-0.1, -0.05) is 46.6 Å². The minimum absolute atomic E-state index is 0.0707. The van der Waals surface area contributed by atoms with Gasteiger partial charge in [-0.3, -0.25) is 19.3 Å². The number of nitrogens with two attached hydrogens (primary N) is 1. The molecule has 16 nitrogen and oxygen atoms in total. The molecule has 0 spiro atoms. The van der Waals surface area contributed by atoms with Crippen LogP contribution in [0.2, 0.25) is 9.36 Å². The van der Waals surface area contributed by atoms with Crippen LogP contribution in [0.15, 0.2) is 28.6 Å². The average Bonchev–Trinajstić information content (AvgIpc) is 3.31. The highest BCUT2D eigenvalue weighted by molar-refractivity contribution is 8.00. The first-order valence-electron chi connectivity index (χ1n) is 12.3. The molecule has 1 aromatic heterocycles. The number of fused-ring (bicyclic) bond motifs is 1. The number of nitrogens with zero attached hydrogens (tertiary/aromatic N) is 3. The molecule has 0 saturated carbocycles. The van der Waals surface area contributed by atoms with Crippen molar-refractivity contribution in [3.63, 3.8) is 0 Å². The highest BCUT2D eigenvalue weighted by atomic mass is 35.5. The first-order valence-corrected chi connectivity index (χ1v) is 15.0. The molecule has 1 saturated heterocycles. The number of aliphatic carboxylic acids is 2. The fourth-order valence-electron chi connectivity index (χ4n) is 4.12. The van der Waals surface area contributed by atoms with Crippen molar-refractivity contribution in [1.29, 1.82) is 0 Å². The minimum atomic E-state index is -1.88. The Morgan fingerprint density at radius 1 is 1.25 bits per heavy atom. The van der Waals surface area contributed by atoms with Crippen LogP contribution >= 0.6 is 46.3 Å². The number of hydrogen-bond donors (Lipinski definition) is 7. The number of thiazole rings is 1. The summed E-state index contributed by atoms with van der Waals surface area (Å²) in [6.45, 7) is 1.05. The molecule has 2 aromatic rings. The number of aromatic nitrogens is 1. The Labute approximate surface area is 265 Å². The van der Waals surface area contributed by atoms with E-state index in [1.54, 1.807) is 6.92 Å². The zero-order valence-electron chi connectivity index (χ0n) is 22.2. The van der Waals surface area contributed by atoms with Crippen LogP contribution in [-0.4, -0.2) is 95.5 Å². The lowest BCUT2D eigenvalue weighted by Gasteiger charge is -2.49. The molecule has 3 amide bonds. The number of rotatable bonds is 11. The average molecular weight is 690 g/mol. The van der Waals surface area contributed by atoms with Crippen molar-refractivity contribution < 1.29 is 49.2 Å². The molecule has 234 valence electrons. The molecular weight excluding hydrogens is 667 g/mol. The number of phenols is 2. The minimum Gasteiger partial charge on any atom is -0.504 e. The summed E-state index contributed by atoms with van der Waals surface area (Å²) in [7, 11) is 0. The standard InChI is InChI=1S/C24H22Cl2N6O10S2/c1-2-7-6-43-21-14(20(37)32(21)15(7)23(40)41)29-19(36)13(12-17(26)44-24(27)30-12)31-42-10(22(38)39)5-28-18(35)8-3-4-9(33)16(34)11(8)25/h3-4,10,14,21,33-34H,2,5-6H2,1H3,(H2,27,30)(H,28,35)(H,29,36)(H,38,39)(H,40,41)/b31-13-/t10?,14-,21-/m1/s1. The first kappa shape index (κ1) is 32.6. The van der Waals surface area contributed by atoms with Gasteiger partial charge in [0, 0.05) is 5.75 Å². The maximum atomic E-state index is 13.4. The van der Waals surface area contributed by atoms with E-state index in [4.69, 9.17) is 33.8 Å². The number of nitrogen functional groups attached to an aromatic ring is 1. The number of carbonyl (C=O) groups excluding carboxylic acids is 3. The molecule has 20 heteroatoms. The van der Waals surface area contributed by atoms with E-state index >= 15 is 0 Å². The zero-order chi connectivity index (χ0) is 32.5. The van der Waals surface area contributed by atoms with E-state index in [0.717, 1.165) is 28.4 Å². The fraction of sp³-hybridized carbons (Fsp3) is 0.292. The predicted molar refractivity (Wildman–Crippen MR) is 158 cm³/mol. The van der Waals surface area contributed by atoms with Crippen LogP contribution in [0.5, 0.6) is 11.5 Å². The third kappa shape index (κ3) is 6.33. The topological polar surface area (TPSA) is 254 Å². The summed E-state index contributed by atoms with van der Waals surface area (Å²) in [6.07, 6.45) is -1.47. The van der Waals surface area contributed by atoms with E-state index in [2.05, 4.69) is 20.8 Å². The lowest BCUT2D eigenvalue weighted by Crippen LogP contribution is -2.71. The van der Waals surface area contributed by atoms with Crippen LogP contribution in [0, 0.1) is 0 Å². The van der Waals surface area contributed by atoms with E-state index in [1.807, 2.05) is 0 Å². The summed E-state index contributed by atoms with van der Waals surface area (Å²) in [5.74, 6) is -6.59. The Morgan fingerprint density at radius 2 is 1.95 bits per heavy atom. The number of carboxylic acids is 2. The summed E-state index contributed by atoms with van der Waals surface area (Å²) >= 11 is 14.1.